The number of aromatic nitrogens is 1. The fraction of sp³-hybridized carbons (Fsp3) is 0.429. The van der Waals surface area contributed by atoms with Crippen LogP contribution in [-0.2, 0) is 6.54 Å². The molecular formula is C14H20N2. The van der Waals surface area contributed by atoms with Gasteiger partial charge in [-0.1, -0.05) is 12.1 Å². The number of hydrogen-bond donors (Lipinski definition) is 1. The van der Waals surface area contributed by atoms with Crippen LogP contribution in [0.1, 0.15) is 31.0 Å². The van der Waals surface area contributed by atoms with Gasteiger partial charge in [-0.3, -0.25) is 0 Å². The number of benzene rings is 1. The fourth-order valence-corrected chi connectivity index (χ4v) is 2.31. The molecule has 0 radical (unpaired) electrons. The van der Waals surface area contributed by atoms with Gasteiger partial charge in [0.2, 0.25) is 0 Å². The molecule has 0 amide bonds. The molecule has 2 rings (SSSR count). The molecule has 1 aromatic carbocycles. The molecule has 1 atom stereocenters. The fourth-order valence-electron chi connectivity index (χ4n) is 2.31. The minimum atomic E-state index is 0.399. The van der Waals surface area contributed by atoms with E-state index in [9.17, 15) is 0 Å². The van der Waals surface area contributed by atoms with Gasteiger partial charge < -0.3 is 9.88 Å². The van der Waals surface area contributed by atoms with E-state index in [0.29, 0.717) is 6.04 Å². The van der Waals surface area contributed by atoms with E-state index in [-0.39, 0.29) is 0 Å². The van der Waals surface area contributed by atoms with Crippen LogP contribution in [-0.4, -0.2) is 11.6 Å². The average molecular weight is 216 g/mol. The molecule has 0 saturated heterocycles. The summed E-state index contributed by atoms with van der Waals surface area (Å²) in [5.74, 6) is 0. The smallest absolute Gasteiger partial charge is 0.0486 e. The predicted octanol–water partition coefficient (Wildman–Crippen LogP) is 3.25. The Hall–Kier alpha value is -1.28. The number of fused-ring (bicyclic) bond motifs is 1. The van der Waals surface area contributed by atoms with Crippen LogP contribution in [0.3, 0.4) is 0 Å². The SMILES string of the molecule is CCn1cc(C(C)NC)c2c(C)cccc21. The van der Waals surface area contributed by atoms with Gasteiger partial charge in [-0.2, -0.15) is 0 Å². The number of aryl methyl sites for hydroxylation is 2. The lowest BCUT2D eigenvalue weighted by Crippen LogP contribution is -2.12. The molecule has 0 aliphatic heterocycles. The van der Waals surface area contributed by atoms with Gasteiger partial charge >= 0.3 is 0 Å². The van der Waals surface area contributed by atoms with Crippen molar-refractivity contribution in [3.05, 3.63) is 35.5 Å². The van der Waals surface area contributed by atoms with Crippen molar-refractivity contribution < 1.29 is 0 Å². The summed E-state index contributed by atoms with van der Waals surface area (Å²) in [6.45, 7) is 7.61. The van der Waals surface area contributed by atoms with E-state index in [1.165, 1.54) is 22.0 Å². The Labute approximate surface area is 97.3 Å². The first-order valence-electron chi connectivity index (χ1n) is 5.94. The molecule has 0 aliphatic rings. The van der Waals surface area contributed by atoms with Crippen LogP contribution in [0.15, 0.2) is 24.4 Å². The number of rotatable bonds is 3. The zero-order chi connectivity index (χ0) is 11.7. The summed E-state index contributed by atoms with van der Waals surface area (Å²) in [5, 5.41) is 4.73. The van der Waals surface area contributed by atoms with E-state index >= 15 is 0 Å². The standard InChI is InChI=1S/C14H20N2/c1-5-16-9-12(11(3)15-4)14-10(2)7-6-8-13(14)16/h6-9,11,15H,5H2,1-4H3. The van der Waals surface area contributed by atoms with Crippen LogP contribution in [0.4, 0.5) is 0 Å². The summed E-state index contributed by atoms with van der Waals surface area (Å²) in [7, 11) is 2.01. The normalized spacial score (nSPS) is 13.2. The van der Waals surface area contributed by atoms with Crippen molar-refractivity contribution in [1.82, 2.24) is 9.88 Å². The Morgan fingerprint density at radius 1 is 1.38 bits per heavy atom. The van der Waals surface area contributed by atoms with Gasteiger partial charge in [-0.05, 0) is 45.0 Å². The van der Waals surface area contributed by atoms with Gasteiger partial charge in [0.25, 0.3) is 0 Å². The van der Waals surface area contributed by atoms with E-state index in [1.807, 2.05) is 7.05 Å². The number of hydrogen-bond acceptors (Lipinski definition) is 1. The van der Waals surface area contributed by atoms with Gasteiger partial charge in [0.1, 0.15) is 0 Å². The summed E-state index contributed by atoms with van der Waals surface area (Å²) in [4.78, 5) is 0. The Morgan fingerprint density at radius 3 is 2.75 bits per heavy atom. The minimum absolute atomic E-state index is 0.399. The zero-order valence-electron chi connectivity index (χ0n) is 10.5. The minimum Gasteiger partial charge on any atom is -0.347 e. The predicted molar refractivity (Wildman–Crippen MR) is 69.8 cm³/mol. The second-order valence-electron chi connectivity index (χ2n) is 4.35. The van der Waals surface area contributed by atoms with Crippen LogP contribution in [0.25, 0.3) is 10.9 Å². The van der Waals surface area contributed by atoms with Crippen molar-refractivity contribution in [2.75, 3.05) is 7.05 Å². The highest BCUT2D eigenvalue weighted by molar-refractivity contribution is 5.87. The zero-order valence-corrected chi connectivity index (χ0v) is 10.5. The second-order valence-corrected chi connectivity index (χ2v) is 4.35. The second kappa shape index (κ2) is 4.30. The summed E-state index contributed by atoms with van der Waals surface area (Å²) in [5.41, 5.74) is 4.11. The molecule has 1 aromatic heterocycles. The summed E-state index contributed by atoms with van der Waals surface area (Å²) < 4.78 is 2.32. The molecule has 16 heavy (non-hydrogen) atoms. The van der Waals surface area contributed by atoms with Crippen molar-refractivity contribution in [3.8, 4) is 0 Å². The maximum Gasteiger partial charge on any atom is 0.0486 e. The van der Waals surface area contributed by atoms with Crippen LogP contribution in [0, 0.1) is 6.92 Å². The quantitative estimate of drug-likeness (QED) is 0.833. The van der Waals surface area contributed by atoms with Crippen molar-refractivity contribution in [2.45, 2.75) is 33.4 Å². The van der Waals surface area contributed by atoms with Crippen LogP contribution in [0.2, 0.25) is 0 Å². The van der Waals surface area contributed by atoms with E-state index < -0.39 is 0 Å². The Bertz CT molecular complexity index is 497. The summed E-state index contributed by atoms with van der Waals surface area (Å²) in [6.07, 6.45) is 2.28. The lowest BCUT2D eigenvalue weighted by Gasteiger charge is -2.09. The van der Waals surface area contributed by atoms with Crippen LogP contribution >= 0.6 is 0 Å². The molecule has 0 saturated carbocycles. The molecule has 2 heteroatoms. The number of nitrogens with zero attached hydrogens (tertiary/aromatic N) is 1. The highest BCUT2D eigenvalue weighted by Gasteiger charge is 2.13. The topological polar surface area (TPSA) is 17.0 Å². The van der Waals surface area contributed by atoms with Crippen molar-refractivity contribution in [2.24, 2.45) is 0 Å². The van der Waals surface area contributed by atoms with Crippen molar-refractivity contribution >= 4 is 10.9 Å². The molecule has 0 bridgehead atoms. The van der Waals surface area contributed by atoms with Crippen molar-refractivity contribution in [3.63, 3.8) is 0 Å². The molecule has 86 valence electrons. The van der Waals surface area contributed by atoms with Gasteiger partial charge in [-0.25, -0.2) is 0 Å². The average Bonchev–Trinajstić information content (AvgIpc) is 2.68. The number of nitrogens with one attached hydrogen (secondary N) is 1. The summed E-state index contributed by atoms with van der Waals surface area (Å²) in [6, 6.07) is 6.93. The molecule has 2 nitrogen and oxygen atoms in total. The van der Waals surface area contributed by atoms with Crippen LogP contribution < -0.4 is 5.32 Å². The highest BCUT2D eigenvalue weighted by Crippen LogP contribution is 2.29. The van der Waals surface area contributed by atoms with Gasteiger partial charge in [0, 0.05) is 29.7 Å². The Morgan fingerprint density at radius 2 is 2.12 bits per heavy atom. The van der Waals surface area contributed by atoms with Gasteiger partial charge in [0.15, 0.2) is 0 Å². The third-order valence-corrected chi connectivity index (χ3v) is 3.38. The van der Waals surface area contributed by atoms with Crippen LogP contribution in [0.5, 0.6) is 0 Å². The van der Waals surface area contributed by atoms with E-state index in [0.717, 1.165) is 6.54 Å². The molecule has 0 spiro atoms. The van der Waals surface area contributed by atoms with Gasteiger partial charge in [0.05, 0.1) is 0 Å². The highest BCUT2D eigenvalue weighted by atomic mass is 15.0. The lowest BCUT2D eigenvalue weighted by atomic mass is 10.0. The molecular weight excluding hydrogens is 196 g/mol. The third-order valence-electron chi connectivity index (χ3n) is 3.38. The maximum absolute atomic E-state index is 3.32. The molecule has 1 unspecified atom stereocenters. The molecule has 0 fully saturated rings. The monoisotopic (exact) mass is 216 g/mol. The molecule has 1 heterocycles. The lowest BCUT2D eigenvalue weighted by molar-refractivity contribution is 0.651. The molecule has 2 aromatic rings. The Balaban J connectivity index is 2.74. The largest absolute Gasteiger partial charge is 0.347 e. The molecule has 0 aliphatic carbocycles. The van der Waals surface area contributed by atoms with Gasteiger partial charge in [-0.15, -0.1) is 0 Å². The summed E-state index contributed by atoms with van der Waals surface area (Å²) >= 11 is 0. The third kappa shape index (κ3) is 1.63. The van der Waals surface area contributed by atoms with E-state index in [1.54, 1.807) is 0 Å². The first-order chi connectivity index (χ1) is 7.69. The van der Waals surface area contributed by atoms with E-state index in [2.05, 4.69) is 55.1 Å². The first-order valence-corrected chi connectivity index (χ1v) is 5.94. The first kappa shape index (κ1) is 11.2. The van der Waals surface area contributed by atoms with Crippen molar-refractivity contribution in [1.29, 1.82) is 0 Å². The van der Waals surface area contributed by atoms with E-state index in [4.69, 9.17) is 0 Å². The molecule has 1 N–H and O–H groups in total. The Kier molecular flexibility index (Phi) is 3.01. The maximum atomic E-state index is 3.32.